The zero-order chi connectivity index (χ0) is 20.4. The zero-order valence-electron chi connectivity index (χ0n) is 16.9. The second-order valence-corrected chi connectivity index (χ2v) is 7.95. The molecule has 1 aromatic carbocycles. The summed E-state index contributed by atoms with van der Waals surface area (Å²) in [5, 5.41) is 0. The molecule has 7 nitrogen and oxygen atoms in total. The van der Waals surface area contributed by atoms with Crippen molar-refractivity contribution < 1.29 is 14.3 Å². The van der Waals surface area contributed by atoms with Crippen LogP contribution in [-0.2, 0) is 18.4 Å². The van der Waals surface area contributed by atoms with Gasteiger partial charge in [0.2, 0.25) is 5.43 Å². The molecule has 0 N–H and O–H groups in total. The molecule has 0 unspecified atom stereocenters. The van der Waals surface area contributed by atoms with E-state index in [1.165, 1.54) is 6.07 Å². The van der Waals surface area contributed by atoms with Crippen molar-refractivity contribution in [1.29, 1.82) is 0 Å². The molecular weight excluding hydrogens is 370 g/mol. The van der Waals surface area contributed by atoms with Crippen molar-refractivity contribution in [2.24, 2.45) is 13.0 Å². The van der Waals surface area contributed by atoms with E-state index in [4.69, 9.17) is 9.47 Å². The molecule has 1 amide bonds. The average molecular weight is 397 g/mol. The molecule has 2 bridgehead atoms. The SMILES string of the molecule is CN1C[C@H]2COC[C@@H]1CN(C(=O)c1c(OCc3ccccc3)c(=O)ccn1C)C2. The quantitative estimate of drug-likeness (QED) is 0.780. The summed E-state index contributed by atoms with van der Waals surface area (Å²) in [6.07, 6.45) is 1.62. The van der Waals surface area contributed by atoms with E-state index in [0.717, 1.165) is 12.1 Å². The monoisotopic (exact) mass is 397 g/mol. The van der Waals surface area contributed by atoms with Crippen LogP contribution in [0.2, 0.25) is 0 Å². The van der Waals surface area contributed by atoms with E-state index in [9.17, 15) is 9.59 Å². The second-order valence-electron chi connectivity index (χ2n) is 7.95. The standard InChI is InChI=1S/C22H27N3O4/c1-23-9-8-19(26)21(29-14-16-6-4-3-5-7-16)20(23)22(27)25-11-17-10-24(2)18(12-25)15-28-13-17/h3-9,17-18H,10-15H2,1-2H3/t17-,18+/m1/s1. The van der Waals surface area contributed by atoms with E-state index >= 15 is 0 Å². The number of aromatic nitrogens is 1. The number of carbonyl (C=O) groups excluding carboxylic acids is 1. The molecule has 0 saturated carbocycles. The van der Waals surface area contributed by atoms with Crippen LogP contribution in [0.15, 0.2) is 47.4 Å². The van der Waals surface area contributed by atoms with Crippen molar-refractivity contribution in [2.75, 3.05) is 39.9 Å². The molecule has 29 heavy (non-hydrogen) atoms. The molecular formula is C22H27N3O4. The van der Waals surface area contributed by atoms with Gasteiger partial charge in [0.1, 0.15) is 6.61 Å². The normalized spacial score (nSPS) is 22.2. The Morgan fingerprint density at radius 3 is 2.69 bits per heavy atom. The number of nitrogens with zero attached hydrogens (tertiary/aromatic N) is 3. The first kappa shape index (κ1) is 19.7. The van der Waals surface area contributed by atoms with Crippen molar-refractivity contribution in [3.8, 4) is 5.75 Å². The molecule has 0 spiro atoms. The molecule has 2 aliphatic rings. The van der Waals surface area contributed by atoms with Gasteiger partial charge in [-0.15, -0.1) is 0 Å². The van der Waals surface area contributed by atoms with Crippen LogP contribution >= 0.6 is 0 Å². The number of amides is 1. The van der Waals surface area contributed by atoms with Crippen LogP contribution in [0.4, 0.5) is 0 Å². The van der Waals surface area contributed by atoms with E-state index in [-0.39, 0.29) is 35.7 Å². The predicted molar refractivity (Wildman–Crippen MR) is 109 cm³/mol. The number of ether oxygens (including phenoxy) is 2. The van der Waals surface area contributed by atoms with Crippen LogP contribution < -0.4 is 10.2 Å². The fourth-order valence-electron chi connectivity index (χ4n) is 4.09. The number of aryl methyl sites for hydroxylation is 1. The fraction of sp³-hybridized carbons (Fsp3) is 0.455. The Morgan fingerprint density at radius 1 is 1.10 bits per heavy atom. The summed E-state index contributed by atoms with van der Waals surface area (Å²) in [5.41, 5.74) is 0.967. The molecule has 154 valence electrons. The largest absolute Gasteiger partial charge is 0.483 e. The minimum atomic E-state index is -0.280. The third kappa shape index (κ3) is 4.21. The number of carbonyl (C=O) groups is 1. The minimum Gasteiger partial charge on any atom is -0.483 e. The van der Waals surface area contributed by atoms with Gasteiger partial charge in [-0.2, -0.15) is 0 Å². The average Bonchev–Trinajstić information content (AvgIpc) is 2.97. The van der Waals surface area contributed by atoms with Crippen LogP contribution in [0.3, 0.4) is 0 Å². The minimum absolute atomic E-state index is 0.114. The summed E-state index contributed by atoms with van der Waals surface area (Å²) in [4.78, 5) is 30.2. The van der Waals surface area contributed by atoms with Gasteiger partial charge in [-0.05, 0) is 12.6 Å². The van der Waals surface area contributed by atoms with Crippen molar-refractivity contribution in [3.05, 3.63) is 64.1 Å². The highest BCUT2D eigenvalue weighted by molar-refractivity contribution is 5.95. The number of hydrogen-bond acceptors (Lipinski definition) is 5. The first-order valence-corrected chi connectivity index (χ1v) is 9.96. The summed E-state index contributed by atoms with van der Waals surface area (Å²) < 4.78 is 13.3. The van der Waals surface area contributed by atoms with Gasteiger partial charge in [0.15, 0.2) is 11.4 Å². The lowest BCUT2D eigenvalue weighted by Crippen LogP contribution is -2.45. The van der Waals surface area contributed by atoms with Gasteiger partial charge < -0.3 is 18.9 Å². The van der Waals surface area contributed by atoms with Crippen molar-refractivity contribution in [2.45, 2.75) is 12.6 Å². The van der Waals surface area contributed by atoms with Crippen LogP contribution in [0.25, 0.3) is 0 Å². The Balaban J connectivity index is 1.62. The predicted octanol–water partition coefficient (Wildman–Crippen LogP) is 1.37. The molecule has 2 aromatic rings. The number of likely N-dealkylation sites (N-methyl/N-ethyl adjacent to an activating group) is 1. The lowest BCUT2D eigenvalue weighted by molar-refractivity contribution is 0.0424. The Kier molecular flexibility index (Phi) is 5.69. The molecule has 3 heterocycles. The second kappa shape index (κ2) is 8.39. The van der Waals surface area contributed by atoms with Gasteiger partial charge in [0.25, 0.3) is 5.91 Å². The number of fused-ring (bicyclic) bond motifs is 3. The Bertz CT molecular complexity index is 927. The number of hydrogen-bond donors (Lipinski definition) is 0. The third-order valence-corrected chi connectivity index (χ3v) is 5.70. The van der Waals surface area contributed by atoms with Crippen LogP contribution in [-0.4, -0.2) is 66.2 Å². The highest BCUT2D eigenvalue weighted by Gasteiger charge is 2.35. The van der Waals surface area contributed by atoms with Gasteiger partial charge in [0, 0.05) is 44.9 Å². The lowest BCUT2D eigenvalue weighted by atomic mass is 10.1. The smallest absolute Gasteiger partial charge is 0.274 e. The summed E-state index contributed by atoms with van der Waals surface area (Å²) >= 11 is 0. The summed E-state index contributed by atoms with van der Waals surface area (Å²) in [7, 11) is 3.85. The van der Waals surface area contributed by atoms with Gasteiger partial charge in [-0.25, -0.2) is 0 Å². The molecule has 2 aliphatic heterocycles. The Morgan fingerprint density at radius 2 is 1.90 bits per heavy atom. The topological polar surface area (TPSA) is 64.0 Å². The first-order valence-electron chi connectivity index (χ1n) is 9.96. The van der Waals surface area contributed by atoms with E-state index in [2.05, 4.69) is 11.9 Å². The highest BCUT2D eigenvalue weighted by Crippen LogP contribution is 2.23. The van der Waals surface area contributed by atoms with Crippen molar-refractivity contribution >= 4 is 5.91 Å². The molecule has 2 atom stereocenters. The van der Waals surface area contributed by atoms with Crippen molar-refractivity contribution in [1.82, 2.24) is 14.4 Å². The van der Waals surface area contributed by atoms with E-state index in [1.807, 2.05) is 35.2 Å². The van der Waals surface area contributed by atoms with Gasteiger partial charge in [-0.3, -0.25) is 14.5 Å². The maximum atomic E-state index is 13.5. The van der Waals surface area contributed by atoms with Crippen LogP contribution in [0.1, 0.15) is 16.1 Å². The maximum absolute atomic E-state index is 13.5. The first-order chi connectivity index (χ1) is 14.0. The molecule has 1 aromatic heterocycles. The van der Waals surface area contributed by atoms with E-state index in [0.29, 0.717) is 32.0 Å². The molecule has 7 heteroatoms. The van der Waals surface area contributed by atoms with Gasteiger partial charge >= 0.3 is 0 Å². The Labute approximate surface area is 170 Å². The van der Waals surface area contributed by atoms with Crippen molar-refractivity contribution in [3.63, 3.8) is 0 Å². The molecule has 2 saturated heterocycles. The van der Waals surface area contributed by atoms with Gasteiger partial charge in [0.05, 0.1) is 19.3 Å². The number of rotatable bonds is 4. The van der Waals surface area contributed by atoms with E-state index in [1.54, 1.807) is 17.8 Å². The molecule has 4 rings (SSSR count). The fourth-order valence-corrected chi connectivity index (χ4v) is 4.09. The molecule has 0 radical (unpaired) electrons. The number of benzene rings is 1. The third-order valence-electron chi connectivity index (χ3n) is 5.70. The van der Waals surface area contributed by atoms with E-state index < -0.39 is 0 Å². The molecule has 0 aliphatic carbocycles. The molecule has 2 fully saturated rings. The Hall–Kier alpha value is -2.64. The summed E-state index contributed by atoms with van der Waals surface area (Å²) in [5.74, 6) is 0.203. The summed E-state index contributed by atoms with van der Waals surface area (Å²) in [6.45, 7) is 3.59. The summed E-state index contributed by atoms with van der Waals surface area (Å²) in [6, 6.07) is 11.2. The van der Waals surface area contributed by atoms with Gasteiger partial charge in [-0.1, -0.05) is 30.3 Å². The van der Waals surface area contributed by atoms with Crippen LogP contribution in [0, 0.1) is 5.92 Å². The highest BCUT2D eigenvalue weighted by atomic mass is 16.5. The lowest BCUT2D eigenvalue weighted by Gasteiger charge is -2.30. The van der Waals surface area contributed by atoms with Crippen LogP contribution in [0.5, 0.6) is 5.75 Å². The zero-order valence-corrected chi connectivity index (χ0v) is 16.9. The maximum Gasteiger partial charge on any atom is 0.274 e. The number of pyridine rings is 1.